The molecule has 1 aromatic rings. The number of aryl methyl sites for hydroxylation is 1. The lowest BCUT2D eigenvalue weighted by Crippen LogP contribution is -2.42. The van der Waals surface area contributed by atoms with E-state index in [1.54, 1.807) is 0 Å². The smallest absolute Gasteiger partial charge is 0.224 e. The van der Waals surface area contributed by atoms with Crippen molar-refractivity contribution in [3.05, 3.63) is 35.4 Å². The van der Waals surface area contributed by atoms with Gasteiger partial charge in [0.2, 0.25) is 5.91 Å². The maximum atomic E-state index is 12.6. The third-order valence-corrected chi connectivity index (χ3v) is 4.29. The molecule has 0 aliphatic heterocycles. The summed E-state index contributed by atoms with van der Waals surface area (Å²) in [5, 5.41) is 0. The number of hydrogen-bond acceptors (Lipinski definition) is 2. The summed E-state index contributed by atoms with van der Waals surface area (Å²) in [7, 11) is 0. The molecule has 1 aliphatic carbocycles. The van der Waals surface area contributed by atoms with Crippen LogP contribution in [-0.4, -0.2) is 22.9 Å². The number of carbonyl (C=O) groups is 1. The molecule has 0 heterocycles. The van der Waals surface area contributed by atoms with Crippen LogP contribution >= 0.6 is 0 Å². The maximum absolute atomic E-state index is 12.6. The first-order valence-electron chi connectivity index (χ1n) is 7.88. The molecule has 3 nitrogen and oxygen atoms in total. The van der Waals surface area contributed by atoms with E-state index in [2.05, 4.69) is 52.0 Å². The summed E-state index contributed by atoms with van der Waals surface area (Å²) in [5.74, 6) is 0.195. The molecule has 1 saturated carbocycles. The minimum atomic E-state index is -0.0933. The Kier molecular flexibility index (Phi) is 4.72. The van der Waals surface area contributed by atoms with Crippen molar-refractivity contribution in [3.63, 3.8) is 0 Å². The topological polar surface area (TPSA) is 46.3 Å². The highest BCUT2D eigenvalue weighted by Crippen LogP contribution is 2.30. The average molecular weight is 288 g/mol. The molecule has 0 bridgehead atoms. The fraction of sp³-hybridized carbons (Fsp3) is 0.611. The standard InChI is InChI=1S/C18H28N2O/c1-13-5-7-14(8-6-13)12-20(15-9-10-15)17(21)11-16(19)18(2,3)4/h5-8,15-16H,9-12,19H2,1-4H3. The van der Waals surface area contributed by atoms with Gasteiger partial charge in [-0.2, -0.15) is 0 Å². The lowest BCUT2D eigenvalue weighted by atomic mass is 9.85. The Labute approximate surface area is 128 Å². The highest BCUT2D eigenvalue weighted by molar-refractivity contribution is 5.77. The number of nitrogens with two attached hydrogens (primary N) is 1. The van der Waals surface area contributed by atoms with Crippen LogP contribution in [0.5, 0.6) is 0 Å². The number of carbonyl (C=O) groups excluding carboxylic acids is 1. The molecule has 0 radical (unpaired) electrons. The fourth-order valence-electron chi connectivity index (χ4n) is 2.31. The Bertz CT molecular complexity index is 483. The average Bonchev–Trinajstić information content (AvgIpc) is 3.21. The normalized spacial score (nSPS) is 16.6. The molecule has 1 amide bonds. The van der Waals surface area contributed by atoms with E-state index in [4.69, 9.17) is 5.73 Å². The highest BCUT2D eigenvalue weighted by atomic mass is 16.2. The quantitative estimate of drug-likeness (QED) is 0.904. The van der Waals surface area contributed by atoms with Crippen molar-refractivity contribution in [1.82, 2.24) is 4.90 Å². The lowest BCUT2D eigenvalue weighted by molar-refractivity contribution is -0.133. The van der Waals surface area contributed by atoms with Crippen molar-refractivity contribution < 1.29 is 4.79 Å². The van der Waals surface area contributed by atoms with E-state index in [-0.39, 0.29) is 17.4 Å². The number of amides is 1. The molecular formula is C18H28N2O. The van der Waals surface area contributed by atoms with Gasteiger partial charge in [-0.05, 0) is 30.7 Å². The lowest BCUT2D eigenvalue weighted by Gasteiger charge is -2.30. The Hall–Kier alpha value is -1.35. The molecule has 0 aromatic heterocycles. The van der Waals surface area contributed by atoms with Gasteiger partial charge in [-0.3, -0.25) is 4.79 Å². The minimum absolute atomic E-state index is 0.0330. The van der Waals surface area contributed by atoms with Crippen molar-refractivity contribution in [1.29, 1.82) is 0 Å². The first kappa shape index (κ1) is 16.0. The first-order valence-corrected chi connectivity index (χ1v) is 7.88. The molecule has 21 heavy (non-hydrogen) atoms. The number of rotatable bonds is 5. The Morgan fingerprint density at radius 2 is 1.86 bits per heavy atom. The molecule has 1 fully saturated rings. The summed E-state index contributed by atoms with van der Waals surface area (Å²) in [6, 6.07) is 8.76. The van der Waals surface area contributed by atoms with Crippen LogP contribution in [0.3, 0.4) is 0 Å². The second-order valence-electron chi connectivity index (χ2n) is 7.42. The van der Waals surface area contributed by atoms with Gasteiger partial charge in [0.15, 0.2) is 0 Å². The van der Waals surface area contributed by atoms with E-state index in [9.17, 15) is 4.79 Å². The molecule has 0 saturated heterocycles. The van der Waals surface area contributed by atoms with Crippen LogP contribution in [0.2, 0.25) is 0 Å². The Morgan fingerprint density at radius 3 is 2.33 bits per heavy atom. The monoisotopic (exact) mass is 288 g/mol. The van der Waals surface area contributed by atoms with Crippen LogP contribution in [-0.2, 0) is 11.3 Å². The SMILES string of the molecule is Cc1ccc(CN(C(=O)CC(N)C(C)(C)C)C2CC2)cc1. The van der Waals surface area contributed by atoms with Gasteiger partial charge in [-0.1, -0.05) is 50.6 Å². The largest absolute Gasteiger partial charge is 0.335 e. The van der Waals surface area contributed by atoms with Gasteiger partial charge in [0.1, 0.15) is 0 Å². The predicted molar refractivity (Wildman–Crippen MR) is 86.8 cm³/mol. The molecular weight excluding hydrogens is 260 g/mol. The maximum Gasteiger partial charge on any atom is 0.224 e. The van der Waals surface area contributed by atoms with Gasteiger partial charge in [-0.25, -0.2) is 0 Å². The van der Waals surface area contributed by atoms with Crippen LogP contribution in [0.15, 0.2) is 24.3 Å². The van der Waals surface area contributed by atoms with Crippen molar-refractivity contribution in [2.75, 3.05) is 0 Å². The van der Waals surface area contributed by atoms with Crippen LogP contribution in [0, 0.1) is 12.3 Å². The molecule has 2 N–H and O–H groups in total. The molecule has 1 aliphatic rings. The second kappa shape index (κ2) is 6.18. The summed E-state index contributed by atoms with van der Waals surface area (Å²) in [6.45, 7) is 9.06. The van der Waals surface area contributed by atoms with Gasteiger partial charge in [0, 0.05) is 25.0 Å². The van der Waals surface area contributed by atoms with E-state index in [1.165, 1.54) is 11.1 Å². The summed E-state index contributed by atoms with van der Waals surface area (Å²) in [6.07, 6.45) is 2.69. The molecule has 1 atom stereocenters. The molecule has 3 heteroatoms. The second-order valence-corrected chi connectivity index (χ2v) is 7.42. The van der Waals surface area contributed by atoms with Gasteiger partial charge >= 0.3 is 0 Å². The summed E-state index contributed by atoms with van der Waals surface area (Å²) >= 11 is 0. The van der Waals surface area contributed by atoms with E-state index in [0.29, 0.717) is 19.0 Å². The zero-order chi connectivity index (χ0) is 15.6. The van der Waals surface area contributed by atoms with Crippen molar-refractivity contribution >= 4 is 5.91 Å². The van der Waals surface area contributed by atoms with Crippen molar-refractivity contribution in [2.45, 2.75) is 65.6 Å². The van der Waals surface area contributed by atoms with Gasteiger partial charge in [0.25, 0.3) is 0 Å². The van der Waals surface area contributed by atoms with E-state index in [1.807, 2.05) is 4.90 Å². The highest BCUT2D eigenvalue weighted by Gasteiger charge is 2.34. The minimum Gasteiger partial charge on any atom is -0.335 e. The molecule has 1 aromatic carbocycles. The third-order valence-electron chi connectivity index (χ3n) is 4.29. The van der Waals surface area contributed by atoms with E-state index < -0.39 is 0 Å². The first-order chi connectivity index (χ1) is 9.77. The molecule has 116 valence electrons. The van der Waals surface area contributed by atoms with Crippen molar-refractivity contribution in [3.8, 4) is 0 Å². The zero-order valence-corrected chi connectivity index (χ0v) is 13.7. The van der Waals surface area contributed by atoms with Gasteiger partial charge in [-0.15, -0.1) is 0 Å². The van der Waals surface area contributed by atoms with E-state index >= 15 is 0 Å². The number of hydrogen-bond donors (Lipinski definition) is 1. The predicted octanol–water partition coefficient (Wildman–Crippen LogP) is 3.25. The van der Waals surface area contributed by atoms with Crippen LogP contribution in [0.4, 0.5) is 0 Å². The van der Waals surface area contributed by atoms with Crippen molar-refractivity contribution in [2.24, 2.45) is 11.1 Å². The van der Waals surface area contributed by atoms with Crippen LogP contribution in [0.1, 0.15) is 51.2 Å². The fourth-order valence-corrected chi connectivity index (χ4v) is 2.31. The van der Waals surface area contributed by atoms with Gasteiger partial charge in [0.05, 0.1) is 0 Å². The third kappa shape index (κ3) is 4.57. The number of benzene rings is 1. The number of nitrogens with zero attached hydrogens (tertiary/aromatic N) is 1. The molecule has 2 rings (SSSR count). The van der Waals surface area contributed by atoms with Gasteiger partial charge < -0.3 is 10.6 Å². The Morgan fingerprint density at radius 1 is 1.29 bits per heavy atom. The summed E-state index contributed by atoms with van der Waals surface area (Å²) in [4.78, 5) is 14.6. The summed E-state index contributed by atoms with van der Waals surface area (Å²) in [5.41, 5.74) is 8.59. The Balaban J connectivity index is 2.02. The summed E-state index contributed by atoms with van der Waals surface area (Å²) < 4.78 is 0. The molecule has 0 spiro atoms. The zero-order valence-electron chi connectivity index (χ0n) is 13.7. The molecule has 1 unspecified atom stereocenters. The van der Waals surface area contributed by atoms with Crippen LogP contribution < -0.4 is 5.73 Å². The van der Waals surface area contributed by atoms with Crippen LogP contribution in [0.25, 0.3) is 0 Å². The van der Waals surface area contributed by atoms with E-state index in [0.717, 1.165) is 12.8 Å².